The second-order valence-electron chi connectivity index (χ2n) is 3.10. The van der Waals surface area contributed by atoms with Crippen LogP contribution in [-0.2, 0) is 9.84 Å². The van der Waals surface area contributed by atoms with Gasteiger partial charge in [0.25, 0.3) is 0 Å². The number of aromatic nitrogens is 2. The molecule has 0 fully saturated rings. The number of hydrogen-bond donors (Lipinski definition) is 1. The molecule has 1 rings (SSSR count). The van der Waals surface area contributed by atoms with Gasteiger partial charge in [-0.15, -0.1) is 5.10 Å². The van der Waals surface area contributed by atoms with Gasteiger partial charge in [-0.05, 0) is 5.92 Å². The van der Waals surface area contributed by atoms with Crippen LogP contribution in [0.2, 0.25) is 0 Å². The van der Waals surface area contributed by atoms with E-state index in [1.54, 1.807) is 0 Å². The van der Waals surface area contributed by atoms with E-state index in [1.165, 1.54) is 6.20 Å². The molecule has 0 aromatic carbocycles. The first kappa shape index (κ1) is 9.57. The van der Waals surface area contributed by atoms with Crippen LogP contribution in [0.5, 0.6) is 5.88 Å². The summed E-state index contributed by atoms with van der Waals surface area (Å²) in [7, 11) is 0. The third kappa shape index (κ3) is 2.47. The molecule has 0 aliphatic heterocycles. The second kappa shape index (κ2) is 3.93. The maximum absolute atomic E-state index is 11.1. The van der Waals surface area contributed by atoms with E-state index >= 15 is 0 Å². The maximum Gasteiger partial charge on any atom is 0.345 e. The van der Waals surface area contributed by atoms with Gasteiger partial charge in [0.1, 0.15) is 5.56 Å². The van der Waals surface area contributed by atoms with Crippen molar-refractivity contribution in [1.82, 2.24) is 10.2 Å². The SMILES string of the molecule is CC(C)COC(=O)c1c[nH]nc1[O]. The van der Waals surface area contributed by atoms with Crippen molar-refractivity contribution in [2.24, 2.45) is 5.92 Å². The van der Waals surface area contributed by atoms with Gasteiger partial charge in [-0.2, -0.15) is 0 Å². The maximum atomic E-state index is 11.1. The van der Waals surface area contributed by atoms with Crippen LogP contribution in [-0.4, -0.2) is 22.8 Å². The minimum atomic E-state index is -0.618. The number of hydrogen-bond acceptors (Lipinski definition) is 3. The molecule has 0 saturated carbocycles. The summed E-state index contributed by atoms with van der Waals surface area (Å²) in [5.41, 5.74) is -0.0411. The molecular formula is C8H11N2O3. The monoisotopic (exact) mass is 183 g/mol. The average Bonchev–Trinajstić information content (AvgIpc) is 2.47. The number of H-pyrrole nitrogens is 1. The minimum Gasteiger partial charge on any atom is -0.462 e. The van der Waals surface area contributed by atoms with Crippen molar-refractivity contribution in [3.05, 3.63) is 11.8 Å². The Morgan fingerprint density at radius 3 is 2.85 bits per heavy atom. The minimum absolute atomic E-state index is 0.0411. The topological polar surface area (TPSA) is 74.9 Å². The summed E-state index contributed by atoms with van der Waals surface area (Å²) in [5, 5.41) is 16.4. The predicted molar refractivity (Wildman–Crippen MR) is 43.8 cm³/mol. The first-order chi connectivity index (χ1) is 6.11. The molecule has 0 saturated heterocycles. The number of carbonyl (C=O) groups excluding carboxylic acids is 1. The highest BCUT2D eigenvalue weighted by molar-refractivity contribution is 5.91. The van der Waals surface area contributed by atoms with E-state index in [9.17, 15) is 9.90 Å². The van der Waals surface area contributed by atoms with E-state index in [1.807, 2.05) is 13.8 Å². The molecule has 13 heavy (non-hydrogen) atoms. The first-order valence-electron chi connectivity index (χ1n) is 3.99. The highest BCUT2D eigenvalue weighted by atomic mass is 16.5. The summed E-state index contributed by atoms with van der Waals surface area (Å²) in [4.78, 5) is 11.1. The van der Waals surface area contributed by atoms with Crippen LogP contribution in [0, 0.1) is 5.92 Å². The van der Waals surface area contributed by atoms with E-state index in [0.29, 0.717) is 6.61 Å². The molecule has 1 radical (unpaired) electrons. The van der Waals surface area contributed by atoms with Gasteiger partial charge in [-0.3, -0.25) is 10.2 Å². The summed E-state index contributed by atoms with van der Waals surface area (Å²) >= 11 is 0. The lowest BCUT2D eigenvalue weighted by Crippen LogP contribution is -2.09. The lowest BCUT2D eigenvalue weighted by molar-refractivity contribution is 0.0454. The standard InChI is InChI=1S/C8H11N2O3/c1-5(2)4-13-8(12)6-3-9-10-7(6)11/h3,5H,4H2,1-2H3,(H,9,10). The fraction of sp³-hybridized carbons (Fsp3) is 0.500. The van der Waals surface area contributed by atoms with Crippen LogP contribution < -0.4 is 0 Å². The summed E-state index contributed by atoms with van der Waals surface area (Å²) in [6.45, 7) is 4.14. The lowest BCUT2D eigenvalue weighted by Gasteiger charge is -2.04. The Bertz CT molecular complexity index is 293. The number of nitrogens with zero attached hydrogens (tertiary/aromatic N) is 1. The summed E-state index contributed by atoms with van der Waals surface area (Å²) in [6.07, 6.45) is 1.24. The van der Waals surface area contributed by atoms with Crippen molar-refractivity contribution in [2.45, 2.75) is 13.8 Å². The van der Waals surface area contributed by atoms with Crippen LogP contribution >= 0.6 is 0 Å². The quantitative estimate of drug-likeness (QED) is 0.719. The molecule has 1 N–H and O–H groups in total. The zero-order chi connectivity index (χ0) is 9.84. The normalized spacial score (nSPS) is 10.4. The van der Waals surface area contributed by atoms with Gasteiger partial charge >= 0.3 is 11.8 Å². The molecule has 0 atom stereocenters. The third-order valence-electron chi connectivity index (χ3n) is 1.37. The predicted octanol–water partition coefficient (Wildman–Crippen LogP) is 1.37. The van der Waals surface area contributed by atoms with Crippen molar-refractivity contribution in [3.8, 4) is 5.88 Å². The van der Waals surface area contributed by atoms with E-state index in [0.717, 1.165) is 0 Å². The zero-order valence-electron chi connectivity index (χ0n) is 7.53. The molecule has 1 aromatic rings. The van der Waals surface area contributed by atoms with Gasteiger partial charge in [0.2, 0.25) is 0 Å². The molecule has 0 bridgehead atoms. The Kier molecular flexibility index (Phi) is 2.89. The number of aromatic amines is 1. The van der Waals surface area contributed by atoms with Crippen LogP contribution in [0.4, 0.5) is 0 Å². The molecule has 1 aromatic heterocycles. The van der Waals surface area contributed by atoms with Crippen molar-refractivity contribution in [3.63, 3.8) is 0 Å². The number of ether oxygens (including phenoxy) is 1. The van der Waals surface area contributed by atoms with Crippen molar-refractivity contribution < 1.29 is 14.6 Å². The molecule has 0 aliphatic carbocycles. The van der Waals surface area contributed by atoms with Gasteiger partial charge in [-0.1, -0.05) is 13.8 Å². The van der Waals surface area contributed by atoms with Crippen molar-refractivity contribution in [1.29, 1.82) is 0 Å². The summed E-state index contributed by atoms with van der Waals surface area (Å²) < 4.78 is 4.83. The highest BCUT2D eigenvalue weighted by Gasteiger charge is 2.16. The molecular weight excluding hydrogens is 172 g/mol. The van der Waals surface area contributed by atoms with Crippen LogP contribution in [0.15, 0.2) is 6.20 Å². The molecule has 5 heteroatoms. The number of nitrogens with one attached hydrogen (secondary N) is 1. The van der Waals surface area contributed by atoms with Gasteiger partial charge < -0.3 is 4.74 Å². The van der Waals surface area contributed by atoms with Crippen molar-refractivity contribution >= 4 is 5.97 Å². The first-order valence-corrected chi connectivity index (χ1v) is 3.99. The Hall–Kier alpha value is -1.52. The van der Waals surface area contributed by atoms with Crippen LogP contribution in [0.1, 0.15) is 24.2 Å². The Labute approximate surface area is 75.7 Å². The number of esters is 1. The molecule has 5 nitrogen and oxygen atoms in total. The Morgan fingerprint density at radius 1 is 1.69 bits per heavy atom. The fourth-order valence-corrected chi connectivity index (χ4v) is 0.744. The lowest BCUT2D eigenvalue weighted by atomic mass is 10.2. The van der Waals surface area contributed by atoms with E-state index in [-0.39, 0.29) is 11.5 Å². The van der Waals surface area contributed by atoms with Gasteiger partial charge in [0, 0.05) is 6.20 Å². The van der Waals surface area contributed by atoms with Gasteiger partial charge in [0.05, 0.1) is 6.61 Å². The summed E-state index contributed by atoms with van der Waals surface area (Å²) in [5.74, 6) is -0.938. The summed E-state index contributed by atoms with van der Waals surface area (Å²) in [6, 6.07) is 0. The zero-order valence-corrected chi connectivity index (χ0v) is 7.53. The fourth-order valence-electron chi connectivity index (χ4n) is 0.744. The van der Waals surface area contributed by atoms with Crippen LogP contribution in [0.25, 0.3) is 0 Å². The van der Waals surface area contributed by atoms with E-state index in [2.05, 4.69) is 10.2 Å². The smallest absolute Gasteiger partial charge is 0.345 e. The largest absolute Gasteiger partial charge is 0.462 e. The molecule has 0 unspecified atom stereocenters. The van der Waals surface area contributed by atoms with Gasteiger partial charge in [-0.25, -0.2) is 4.79 Å². The third-order valence-corrected chi connectivity index (χ3v) is 1.37. The van der Waals surface area contributed by atoms with E-state index < -0.39 is 11.8 Å². The number of rotatable bonds is 3. The van der Waals surface area contributed by atoms with Crippen molar-refractivity contribution in [2.75, 3.05) is 6.61 Å². The molecule has 0 aliphatic rings. The number of carbonyl (C=O) groups is 1. The van der Waals surface area contributed by atoms with Crippen LogP contribution in [0.3, 0.4) is 0 Å². The molecule has 0 spiro atoms. The molecule has 71 valence electrons. The molecule has 0 amide bonds. The van der Waals surface area contributed by atoms with E-state index in [4.69, 9.17) is 4.74 Å². The average molecular weight is 183 g/mol. The second-order valence-corrected chi connectivity index (χ2v) is 3.10. The Morgan fingerprint density at radius 2 is 2.38 bits per heavy atom. The Balaban J connectivity index is 2.54. The molecule has 1 heterocycles. The van der Waals surface area contributed by atoms with Gasteiger partial charge in [0.15, 0.2) is 0 Å². The highest BCUT2D eigenvalue weighted by Crippen LogP contribution is 2.13.